The van der Waals surface area contributed by atoms with Gasteiger partial charge in [0.15, 0.2) is 5.69 Å². The van der Waals surface area contributed by atoms with Crippen molar-refractivity contribution in [2.75, 3.05) is 11.9 Å². The van der Waals surface area contributed by atoms with Crippen molar-refractivity contribution in [1.82, 2.24) is 24.8 Å². The van der Waals surface area contributed by atoms with Gasteiger partial charge in [0, 0.05) is 24.7 Å². The lowest BCUT2D eigenvalue weighted by molar-refractivity contribution is 0.0643. The van der Waals surface area contributed by atoms with Crippen LogP contribution in [0.25, 0.3) is 10.2 Å². The van der Waals surface area contributed by atoms with Crippen LogP contribution < -0.4 is 5.32 Å². The second-order valence-electron chi connectivity index (χ2n) is 7.89. The van der Waals surface area contributed by atoms with Crippen LogP contribution in [-0.2, 0) is 6.42 Å². The third-order valence-electron chi connectivity index (χ3n) is 5.69. The number of anilines is 1. The third-order valence-corrected chi connectivity index (χ3v) is 6.78. The number of carbonyl (C=O) groups excluding carboxylic acids is 1. The second-order valence-corrected chi connectivity index (χ2v) is 8.95. The number of oxazole rings is 1. The zero-order valence-corrected chi connectivity index (χ0v) is 17.5. The minimum atomic E-state index is -2.93. The Morgan fingerprint density at radius 1 is 1.28 bits per heavy atom. The summed E-state index contributed by atoms with van der Waals surface area (Å²) in [6.07, 6.45) is 1.01. The van der Waals surface area contributed by atoms with Crippen LogP contribution in [0, 0.1) is 0 Å². The Bertz CT molecular complexity index is 1280. The number of halogens is 2. The summed E-state index contributed by atoms with van der Waals surface area (Å²) in [6.45, 7) is 0.309. The molecule has 32 heavy (non-hydrogen) atoms. The van der Waals surface area contributed by atoms with Gasteiger partial charge in [-0.3, -0.25) is 4.79 Å². The molecule has 6 rings (SSSR count). The summed E-state index contributed by atoms with van der Waals surface area (Å²) in [4.78, 5) is 31.2. The van der Waals surface area contributed by atoms with E-state index in [9.17, 15) is 13.6 Å². The standard InChI is InChI=1S/C21H18F2N6O2S/c22-18(23)15-17(31-21(28-15)26-10-5-6-10)20(30)29-8-7-12-14(25-9-24-12)16(29)19-27-11-3-1-2-4-13(11)32-19/h1-4,9-10,16,18H,5-8H2,(H,24,25)(H,26,28)/t16-/m0/s1. The maximum absolute atomic E-state index is 13.7. The van der Waals surface area contributed by atoms with Gasteiger partial charge in [-0.05, 0) is 25.0 Å². The van der Waals surface area contributed by atoms with Gasteiger partial charge in [0.1, 0.15) is 11.0 Å². The molecule has 4 heterocycles. The van der Waals surface area contributed by atoms with E-state index in [4.69, 9.17) is 9.40 Å². The molecule has 1 aromatic carbocycles. The van der Waals surface area contributed by atoms with Crippen LogP contribution in [0.1, 0.15) is 58.0 Å². The van der Waals surface area contributed by atoms with Crippen LogP contribution in [-0.4, -0.2) is 43.3 Å². The highest BCUT2D eigenvalue weighted by molar-refractivity contribution is 7.18. The molecule has 2 aliphatic rings. The topological polar surface area (TPSA) is 99.9 Å². The van der Waals surface area contributed by atoms with Gasteiger partial charge >= 0.3 is 0 Å². The van der Waals surface area contributed by atoms with E-state index in [-0.39, 0.29) is 12.1 Å². The van der Waals surface area contributed by atoms with Gasteiger partial charge in [-0.2, -0.15) is 4.98 Å². The molecule has 1 aliphatic heterocycles. The monoisotopic (exact) mass is 456 g/mol. The first-order chi connectivity index (χ1) is 15.6. The fourth-order valence-corrected chi connectivity index (χ4v) is 5.06. The summed E-state index contributed by atoms with van der Waals surface area (Å²) in [5.41, 5.74) is 1.74. The quantitative estimate of drug-likeness (QED) is 0.464. The number of nitrogens with one attached hydrogen (secondary N) is 2. The molecule has 1 amide bonds. The summed E-state index contributed by atoms with van der Waals surface area (Å²) >= 11 is 1.45. The maximum Gasteiger partial charge on any atom is 0.295 e. The Balaban J connectivity index is 1.42. The smallest absolute Gasteiger partial charge is 0.295 e. The highest BCUT2D eigenvalue weighted by Crippen LogP contribution is 2.39. The predicted molar refractivity (Wildman–Crippen MR) is 113 cm³/mol. The number of amides is 1. The maximum atomic E-state index is 13.7. The molecular formula is C21H18F2N6O2S. The van der Waals surface area contributed by atoms with E-state index in [0.717, 1.165) is 28.8 Å². The van der Waals surface area contributed by atoms with Gasteiger partial charge in [0.2, 0.25) is 5.76 Å². The van der Waals surface area contributed by atoms with E-state index in [1.807, 2.05) is 24.3 Å². The number of fused-ring (bicyclic) bond motifs is 2. The lowest BCUT2D eigenvalue weighted by Crippen LogP contribution is -2.41. The molecule has 2 N–H and O–H groups in total. The first-order valence-corrected chi connectivity index (χ1v) is 11.1. The number of hydrogen-bond donors (Lipinski definition) is 2. The number of H-pyrrole nitrogens is 1. The molecule has 4 aromatic rings. The molecule has 1 saturated carbocycles. The minimum absolute atomic E-state index is 0.0415. The van der Waals surface area contributed by atoms with Gasteiger partial charge in [0.05, 0.1) is 22.2 Å². The molecular weight excluding hydrogens is 438 g/mol. The number of aromatic amines is 1. The minimum Gasteiger partial charge on any atom is -0.418 e. The molecule has 1 atom stereocenters. The lowest BCUT2D eigenvalue weighted by Gasteiger charge is -2.33. The first kappa shape index (κ1) is 19.4. The molecule has 0 radical (unpaired) electrons. The van der Waals surface area contributed by atoms with Crippen molar-refractivity contribution in [2.24, 2.45) is 0 Å². The Morgan fingerprint density at radius 3 is 2.91 bits per heavy atom. The lowest BCUT2D eigenvalue weighted by atomic mass is 10.0. The van der Waals surface area contributed by atoms with Gasteiger partial charge in [-0.15, -0.1) is 11.3 Å². The van der Waals surface area contributed by atoms with E-state index < -0.39 is 29.8 Å². The first-order valence-electron chi connectivity index (χ1n) is 10.3. The van der Waals surface area contributed by atoms with Gasteiger partial charge in [0.25, 0.3) is 18.3 Å². The number of benzene rings is 1. The number of rotatable bonds is 5. The fourth-order valence-electron chi connectivity index (χ4n) is 3.98. The van der Waals surface area contributed by atoms with Crippen molar-refractivity contribution in [3.05, 3.63) is 58.4 Å². The number of imidazole rings is 1. The number of alkyl halides is 2. The van der Waals surface area contributed by atoms with Crippen molar-refractivity contribution >= 4 is 33.5 Å². The van der Waals surface area contributed by atoms with E-state index in [2.05, 4.69) is 20.3 Å². The normalized spacial score (nSPS) is 18.3. The van der Waals surface area contributed by atoms with Crippen LogP contribution in [0.15, 0.2) is 35.0 Å². The molecule has 0 unspecified atom stereocenters. The predicted octanol–water partition coefficient (Wildman–Crippen LogP) is 4.31. The molecule has 3 aromatic heterocycles. The van der Waals surface area contributed by atoms with Gasteiger partial charge in [-0.1, -0.05) is 12.1 Å². The molecule has 1 fully saturated rings. The van der Waals surface area contributed by atoms with Crippen molar-refractivity contribution in [2.45, 2.75) is 37.8 Å². The number of nitrogens with zero attached hydrogens (tertiary/aromatic N) is 4. The van der Waals surface area contributed by atoms with Crippen molar-refractivity contribution < 1.29 is 18.0 Å². The summed E-state index contributed by atoms with van der Waals surface area (Å²) in [5, 5.41) is 3.62. The Kier molecular flexibility index (Phi) is 4.46. The largest absolute Gasteiger partial charge is 0.418 e. The SMILES string of the molecule is O=C(c1oc(NC2CC2)nc1C(F)F)N1CCc2[nH]cnc2[C@H]1c1nc2ccccc2s1. The average molecular weight is 456 g/mol. The highest BCUT2D eigenvalue weighted by atomic mass is 32.1. The summed E-state index contributed by atoms with van der Waals surface area (Å²) < 4.78 is 33.9. The van der Waals surface area contributed by atoms with Gasteiger partial charge in [-0.25, -0.2) is 18.7 Å². The number of carbonyl (C=O) groups is 1. The van der Waals surface area contributed by atoms with Crippen molar-refractivity contribution in [1.29, 1.82) is 0 Å². The van der Waals surface area contributed by atoms with Crippen LogP contribution in [0.4, 0.5) is 14.8 Å². The summed E-state index contributed by atoms with van der Waals surface area (Å²) in [6, 6.07) is 7.18. The summed E-state index contributed by atoms with van der Waals surface area (Å²) in [5.74, 6) is -1.08. The molecule has 11 heteroatoms. The third kappa shape index (κ3) is 3.24. The number of hydrogen-bond acceptors (Lipinski definition) is 7. The Morgan fingerprint density at radius 2 is 2.12 bits per heavy atom. The zero-order valence-electron chi connectivity index (χ0n) is 16.7. The van der Waals surface area contributed by atoms with Gasteiger partial charge < -0.3 is 19.6 Å². The van der Waals surface area contributed by atoms with Crippen LogP contribution >= 0.6 is 11.3 Å². The summed E-state index contributed by atoms with van der Waals surface area (Å²) in [7, 11) is 0. The molecule has 0 bridgehead atoms. The molecule has 0 saturated heterocycles. The fraction of sp³-hybridized carbons (Fsp3) is 0.333. The number of para-hydroxylation sites is 1. The number of aromatic nitrogens is 4. The number of thiazole rings is 1. The Hall–Kier alpha value is -3.34. The average Bonchev–Trinajstić information content (AvgIpc) is 3.19. The molecule has 164 valence electrons. The van der Waals surface area contributed by atoms with Crippen molar-refractivity contribution in [3.8, 4) is 0 Å². The van der Waals surface area contributed by atoms with E-state index in [1.54, 1.807) is 6.33 Å². The van der Waals surface area contributed by atoms with E-state index in [1.165, 1.54) is 16.2 Å². The van der Waals surface area contributed by atoms with Crippen molar-refractivity contribution in [3.63, 3.8) is 0 Å². The van der Waals surface area contributed by atoms with Crippen LogP contribution in [0.5, 0.6) is 0 Å². The molecule has 0 spiro atoms. The van der Waals surface area contributed by atoms with Crippen LogP contribution in [0.3, 0.4) is 0 Å². The van der Waals surface area contributed by atoms with E-state index in [0.29, 0.717) is 23.7 Å². The Labute approximate surface area is 184 Å². The highest BCUT2D eigenvalue weighted by Gasteiger charge is 2.40. The zero-order chi connectivity index (χ0) is 21.8. The second kappa shape index (κ2) is 7.37. The van der Waals surface area contributed by atoms with E-state index >= 15 is 0 Å². The molecule has 1 aliphatic carbocycles. The molecule has 8 nitrogen and oxygen atoms in total. The van der Waals surface area contributed by atoms with Crippen LogP contribution in [0.2, 0.25) is 0 Å².